The van der Waals surface area contributed by atoms with Crippen LogP contribution in [-0.2, 0) is 0 Å². The highest BCUT2D eigenvalue weighted by atomic mass is 79.9. The van der Waals surface area contributed by atoms with Crippen LogP contribution in [-0.4, -0.2) is 42.5 Å². The number of ether oxygens (including phenoxy) is 1. The summed E-state index contributed by atoms with van der Waals surface area (Å²) >= 11 is 3.26. The maximum atomic E-state index is 13.2. The summed E-state index contributed by atoms with van der Waals surface area (Å²) in [5, 5.41) is 2.98. The SMILES string of the molecule is CN1CCC(CNC(=O)c2cccnc2Oc2ccc(F)cc2Br)CC1. The van der Waals surface area contributed by atoms with Gasteiger partial charge in [0.1, 0.15) is 17.1 Å². The Morgan fingerprint density at radius 2 is 2.15 bits per heavy atom. The van der Waals surface area contributed by atoms with Crippen LogP contribution in [0.15, 0.2) is 41.0 Å². The highest BCUT2D eigenvalue weighted by Gasteiger charge is 2.20. The molecular formula is C19H21BrFN3O2. The molecule has 1 N–H and O–H groups in total. The van der Waals surface area contributed by atoms with Crippen LogP contribution >= 0.6 is 15.9 Å². The van der Waals surface area contributed by atoms with Gasteiger partial charge in [0.15, 0.2) is 0 Å². The van der Waals surface area contributed by atoms with Gasteiger partial charge in [-0.3, -0.25) is 4.79 Å². The molecule has 1 aromatic heterocycles. The number of amides is 1. The Morgan fingerprint density at radius 3 is 2.88 bits per heavy atom. The lowest BCUT2D eigenvalue weighted by Crippen LogP contribution is -2.37. The van der Waals surface area contributed by atoms with Gasteiger partial charge in [0, 0.05) is 12.7 Å². The number of nitrogens with zero attached hydrogens (tertiary/aromatic N) is 2. The van der Waals surface area contributed by atoms with E-state index in [9.17, 15) is 9.18 Å². The van der Waals surface area contributed by atoms with Crippen LogP contribution in [0.2, 0.25) is 0 Å². The third kappa shape index (κ3) is 4.80. The zero-order valence-electron chi connectivity index (χ0n) is 14.5. The van der Waals surface area contributed by atoms with Crippen molar-refractivity contribution in [1.29, 1.82) is 0 Å². The molecule has 1 fully saturated rings. The molecule has 0 atom stereocenters. The Morgan fingerprint density at radius 1 is 1.38 bits per heavy atom. The van der Waals surface area contributed by atoms with Crippen molar-refractivity contribution in [1.82, 2.24) is 15.2 Å². The molecule has 0 bridgehead atoms. The number of rotatable bonds is 5. The summed E-state index contributed by atoms with van der Waals surface area (Å²) in [6.45, 7) is 2.75. The lowest BCUT2D eigenvalue weighted by atomic mass is 9.97. The van der Waals surface area contributed by atoms with Crippen LogP contribution in [0.5, 0.6) is 11.6 Å². The van der Waals surface area contributed by atoms with E-state index in [1.165, 1.54) is 18.2 Å². The predicted molar refractivity (Wildman–Crippen MR) is 101 cm³/mol. The van der Waals surface area contributed by atoms with E-state index >= 15 is 0 Å². The van der Waals surface area contributed by atoms with E-state index in [2.05, 4.69) is 38.2 Å². The Kier molecular flexibility index (Phi) is 6.21. The molecule has 0 radical (unpaired) electrons. The molecule has 1 amide bonds. The van der Waals surface area contributed by atoms with Crippen molar-refractivity contribution in [2.24, 2.45) is 5.92 Å². The lowest BCUT2D eigenvalue weighted by molar-refractivity contribution is 0.0936. The molecule has 1 aliphatic rings. The quantitative estimate of drug-likeness (QED) is 0.796. The molecule has 1 aliphatic heterocycles. The molecule has 1 saturated heterocycles. The van der Waals surface area contributed by atoms with Gasteiger partial charge in [0.2, 0.25) is 5.88 Å². The fraction of sp³-hybridized carbons (Fsp3) is 0.368. The number of aromatic nitrogens is 1. The summed E-state index contributed by atoms with van der Waals surface area (Å²) in [6.07, 6.45) is 3.71. The van der Waals surface area contributed by atoms with Gasteiger partial charge >= 0.3 is 0 Å². The number of hydrogen-bond donors (Lipinski definition) is 1. The normalized spacial score (nSPS) is 15.7. The highest BCUT2D eigenvalue weighted by Crippen LogP contribution is 2.30. The van der Waals surface area contributed by atoms with E-state index in [0.717, 1.165) is 25.9 Å². The van der Waals surface area contributed by atoms with E-state index in [1.807, 2.05) is 0 Å². The van der Waals surface area contributed by atoms with Crippen LogP contribution < -0.4 is 10.1 Å². The smallest absolute Gasteiger partial charge is 0.256 e. The van der Waals surface area contributed by atoms with Gasteiger partial charge in [-0.25, -0.2) is 9.37 Å². The maximum absolute atomic E-state index is 13.2. The first kappa shape index (κ1) is 18.8. The second-order valence-electron chi connectivity index (χ2n) is 6.49. The van der Waals surface area contributed by atoms with Crippen molar-refractivity contribution in [2.45, 2.75) is 12.8 Å². The Balaban J connectivity index is 1.67. The van der Waals surface area contributed by atoms with Gasteiger partial charge in [-0.15, -0.1) is 0 Å². The van der Waals surface area contributed by atoms with E-state index in [1.54, 1.807) is 18.3 Å². The molecule has 0 unspecified atom stereocenters. The summed E-state index contributed by atoms with van der Waals surface area (Å²) in [5.74, 6) is 0.490. The van der Waals surface area contributed by atoms with Crippen LogP contribution in [0.25, 0.3) is 0 Å². The standard InChI is InChI=1S/C19H21BrFN3O2/c1-24-9-6-13(7-10-24)12-23-18(25)15-3-2-8-22-19(15)26-17-5-4-14(21)11-16(17)20/h2-5,8,11,13H,6-7,9-10,12H2,1H3,(H,23,25). The van der Waals surface area contributed by atoms with Crippen LogP contribution in [0.3, 0.4) is 0 Å². The second kappa shape index (κ2) is 8.60. The molecule has 7 heteroatoms. The molecule has 26 heavy (non-hydrogen) atoms. The van der Waals surface area contributed by atoms with Crippen molar-refractivity contribution in [3.05, 3.63) is 52.4 Å². The number of halogens is 2. The van der Waals surface area contributed by atoms with Crippen molar-refractivity contribution in [3.63, 3.8) is 0 Å². The van der Waals surface area contributed by atoms with Crippen LogP contribution in [0, 0.1) is 11.7 Å². The summed E-state index contributed by atoms with van der Waals surface area (Å²) < 4.78 is 19.4. The molecule has 5 nitrogen and oxygen atoms in total. The fourth-order valence-electron chi connectivity index (χ4n) is 2.91. The fourth-order valence-corrected chi connectivity index (χ4v) is 3.34. The number of nitrogens with one attached hydrogen (secondary N) is 1. The number of benzene rings is 1. The van der Waals surface area contributed by atoms with Gasteiger partial charge in [-0.05, 0) is 85.2 Å². The third-order valence-corrected chi connectivity index (χ3v) is 5.13. The number of carbonyl (C=O) groups excluding carboxylic acids is 1. The van der Waals surface area contributed by atoms with Crippen molar-refractivity contribution in [3.8, 4) is 11.6 Å². The maximum Gasteiger partial charge on any atom is 0.256 e. The number of piperidine rings is 1. The first-order valence-electron chi connectivity index (χ1n) is 8.57. The topological polar surface area (TPSA) is 54.5 Å². The number of hydrogen-bond acceptors (Lipinski definition) is 4. The van der Waals surface area contributed by atoms with Crippen molar-refractivity contribution in [2.75, 3.05) is 26.7 Å². The monoisotopic (exact) mass is 421 g/mol. The van der Waals surface area contributed by atoms with E-state index in [-0.39, 0.29) is 17.6 Å². The molecule has 1 aromatic carbocycles. The van der Waals surface area contributed by atoms with E-state index in [0.29, 0.717) is 28.2 Å². The van der Waals surface area contributed by atoms with E-state index < -0.39 is 0 Å². The van der Waals surface area contributed by atoms with Gasteiger partial charge in [0.25, 0.3) is 5.91 Å². The molecule has 3 rings (SSSR count). The second-order valence-corrected chi connectivity index (χ2v) is 7.34. The van der Waals surface area contributed by atoms with Gasteiger partial charge in [-0.2, -0.15) is 0 Å². The van der Waals surface area contributed by atoms with Crippen molar-refractivity contribution < 1.29 is 13.9 Å². The van der Waals surface area contributed by atoms with Gasteiger partial charge in [0.05, 0.1) is 4.47 Å². The zero-order valence-corrected chi connectivity index (χ0v) is 16.1. The molecule has 0 aliphatic carbocycles. The zero-order chi connectivity index (χ0) is 18.5. The summed E-state index contributed by atoms with van der Waals surface area (Å²) in [4.78, 5) is 19.0. The third-order valence-electron chi connectivity index (χ3n) is 4.51. The predicted octanol–water partition coefficient (Wildman–Crippen LogP) is 3.85. The Bertz CT molecular complexity index is 779. The molecule has 0 saturated carbocycles. The van der Waals surface area contributed by atoms with Crippen LogP contribution in [0.1, 0.15) is 23.2 Å². The molecule has 138 valence electrons. The first-order valence-corrected chi connectivity index (χ1v) is 9.37. The lowest BCUT2D eigenvalue weighted by Gasteiger charge is -2.28. The molecular weight excluding hydrogens is 401 g/mol. The van der Waals surface area contributed by atoms with Crippen LogP contribution in [0.4, 0.5) is 4.39 Å². The minimum atomic E-state index is -0.374. The van der Waals surface area contributed by atoms with Gasteiger partial charge < -0.3 is 15.0 Å². The minimum Gasteiger partial charge on any atom is -0.437 e. The highest BCUT2D eigenvalue weighted by molar-refractivity contribution is 9.10. The first-order chi connectivity index (χ1) is 12.5. The number of pyridine rings is 1. The Labute approximate surface area is 160 Å². The van der Waals surface area contributed by atoms with Crippen molar-refractivity contribution >= 4 is 21.8 Å². The molecule has 2 aromatic rings. The average molecular weight is 422 g/mol. The van der Waals surface area contributed by atoms with E-state index in [4.69, 9.17) is 4.74 Å². The number of likely N-dealkylation sites (tertiary alicyclic amines) is 1. The Hall–Kier alpha value is -1.99. The summed E-state index contributed by atoms with van der Waals surface area (Å²) in [6, 6.07) is 7.45. The number of carbonyl (C=O) groups is 1. The molecule has 0 spiro atoms. The van der Waals surface area contributed by atoms with Gasteiger partial charge in [-0.1, -0.05) is 0 Å². The summed E-state index contributed by atoms with van der Waals surface area (Å²) in [5.41, 5.74) is 0.358. The largest absolute Gasteiger partial charge is 0.437 e. The summed E-state index contributed by atoms with van der Waals surface area (Å²) in [7, 11) is 2.11. The minimum absolute atomic E-state index is 0.195. The molecule has 2 heterocycles. The average Bonchev–Trinajstić information content (AvgIpc) is 2.64.